The fraction of sp³-hybridized carbons (Fsp3) is 0.435. The highest BCUT2D eigenvalue weighted by molar-refractivity contribution is 7.92. The second-order valence-electron chi connectivity index (χ2n) is 9.10. The van der Waals surface area contributed by atoms with Crippen molar-refractivity contribution < 1.29 is 13.2 Å². The van der Waals surface area contributed by atoms with Crippen LogP contribution in [0.2, 0.25) is 0 Å². The van der Waals surface area contributed by atoms with Crippen LogP contribution in [0.15, 0.2) is 29.1 Å². The summed E-state index contributed by atoms with van der Waals surface area (Å²) in [6.45, 7) is 8.06. The number of anilines is 1. The van der Waals surface area contributed by atoms with Crippen LogP contribution in [-0.2, 0) is 10.0 Å². The number of benzene rings is 1. The van der Waals surface area contributed by atoms with Gasteiger partial charge in [0.25, 0.3) is 11.5 Å². The van der Waals surface area contributed by atoms with E-state index in [1.54, 1.807) is 36.9 Å². The van der Waals surface area contributed by atoms with E-state index < -0.39 is 10.0 Å². The first kappa shape index (κ1) is 23.0. The van der Waals surface area contributed by atoms with Crippen LogP contribution >= 0.6 is 0 Å². The molecule has 2 aromatic heterocycles. The topological polar surface area (TPSA) is 117 Å². The molecule has 0 bridgehead atoms. The van der Waals surface area contributed by atoms with E-state index >= 15 is 0 Å². The zero-order valence-electron chi connectivity index (χ0n) is 19.5. The van der Waals surface area contributed by atoms with E-state index in [-0.39, 0.29) is 23.2 Å². The maximum atomic E-state index is 13.7. The molecule has 1 fully saturated rings. The lowest BCUT2D eigenvalue weighted by molar-refractivity contribution is 0.0552. The molecule has 1 saturated heterocycles. The first-order chi connectivity index (χ1) is 15.4. The van der Waals surface area contributed by atoms with Gasteiger partial charge in [0.15, 0.2) is 5.65 Å². The molecular weight excluding hydrogens is 442 g/mol. The highest BCUT2D eigenvalue weighted by atomic mass is 32.2. The Morgan fingerprint density at radius 3 is 2.64 bits per heavy atom. The van der Waals surface area contributed by atoms with Gasteiger partial charge < -0.3 is 4.90 Å². The summed E-state index contributed by atoms with van der Waals surface area (Å²) in [5, 5.41) is 3.16. The summed E-state index contributed by atoms with van der Waals surface area (Å²) in [6, 6.07) is 6.61. The van der Waals surface area contributed by atoms with Gasteiger partial charge in [-0.1, -0.05) is 18.6 Å². The molecule has 1 amide bonds. The van der Waals surface area contributed by atoms with Crippen molar-refractivity contribution in [1.82, 2.24) is 19.5 Å². The van der Waals surface area contributed by atoms with Gasteiger partial charge in [-0.25, -0.2) is 17.9 Å². The van der Waals surface area contributed by atoms with Crippen LogP contribution in [0.3, 0.4) is 0 Å². The molecule has 33 heavy (non-hydrogen) atoms. The van der Waals surface area contributed by atoms with Crippen molar-refractivity contribution in [2.45, 2.75) is 46.6 Å². The standard InChI is InChI=1S/C23H29N5O4S/c1-13-6-7-18(26-33(5,31)32)17(10-13)23(30)27-9-8-14(2)11-20(27)19-12-21-24-16(4)15(3)22(29)28(21)25-19/h6-7,10,12,14,20,25-26H,8-9,11H2,1-5H3/t14-,20+/m0/s1. The summed E-state index contributed by atoms with van der Waals surface area (Å²) < 4.78 is 27.6. The summed E-state index contributed by atoms with van der Waals surface area (Å²) in [5.41, 5.74) is 3.74. The van der Waals surface area contributed by atoms with Crippen molar-refractivity contribution in [3.63, 3.8) is 0 Å². The first-order valence-corrected chi connectivity index (χ1v) is 12.8. The molecule has 1 aromatic carbocycles. The summed E-state index contributed by atoms with van der Waals surface area (Å²) in [6.07, 6.45) is 2.61. The van der Waals surface area contributed by atoms with Crippen molar-refractivity contribution in [2.75, 3.05) is 17.5 Å². The van der Waals surface area contributed by atoms with Crippen LogP contribution in [0.25, 0.3) is 5.65 Å². The number of fused-ring (bicyclic) bond motifs is 1. The molecule has 10 heteroatoms. The Morgan fingerprint density at radius 2 is 1.94 bits per heavy atom. The lowest BCUT2D eigenvalue weighted by Crippen LogP contribution is -2.41. The van der Waals surface area contributed by atoms with E-state index in [1.807, 2.05) is 13.0 Å². The van der Waals surface area contributed by atoms with Crippen LogP contribution in [-0.4, -0.2) is 46.6 Å². The first-order valence-electron chi connectivity index (χ1n) is 10.9. The minimum Gasteiger partial charge on any atom is -0.330 e. The Kier molecular flexibility index (Phi) is 5.81. The summed E-state index contributed by atoms with van der Waals surface area (Å²) in [4.78, 5) is 32.7. The molecule has 4 rings (SSSR count). The summed E-state index contributed by atoms with van der Waals surface area (Å²) in [5.74, 6) is 0.123. The molecule has 176 valence electrons. The van der Waals surface area contributed by atoms with Gasteiger partial charge in [-0.05, 0) is 51.7 Å². The summed E-state index contributed by atoms with van der Waals surface area (Å²) >= 11 is 0. The predicted molar refractivity (Wildman–Crippen MR) is 127 cm³/mol. The van der Waals surface area contributed by atoms with E-state index in [0.717, 1.165) is 23.9 Å². The minimum atomic E-state index is -3.55. The zero-order chi connectivity index (χ0) is 24.1. The fourth-order valence-corrected chi connectivity index (χ4v) is 4.94. The number of nitrogens with zero attached hydrogens (tertiary/aromatic N) is 3. The van der Waals surface area contributed by atoms with Gasteiger partial charge in [0.1, 0.15) is 0 Å². The largest absolute Gasteiger partial charge is 0.330 e. The lowest BCUT2D eigenvalue weighted by Gasteiger charge is -2.38. The van der Waals surface area contributed by atoms with Crippen LogP contribution in [0, 0.1) is 26.7 Å². The van der Waals surface area contributed by atoms with Gasteiger partial charge in [-0.2, -0.15) is 0 Å². The van der Waals surface area contributed by atoms with E-state index in [9.17, 15) is 18.0 Å². The molecule has 3 heterocycles. The Balaban J connectivity index is 1.78. The molecule has 1 aliphatic rings. The number of aryl methyl sites for hydroxylation is 2. The number of hydrogen-bond donors (Lipinski definition) is 2. The normalized spacial score (nSPS) is 19.1. The molecule has 1 aliphatic heterocycles. The number of carbonyl (C=O) groups excluding carboxylic acids is 1. The molecule has 9 nitrogen and oxygen atoms in total. The van der Waals surface area contributed by atoms with Crippen molar-refractivity contribution >= 4 is 27.3 Å². The van der Waals surface area contributed by atoms with E-state index in [4.69, 9.17) is 0 Å². The van der Waals surface area contributed by atoms with Crippen LogP contribution in [0.4, 0.5) is 5.69 Å². The number of carbonyl (C=O) groups is 1. The maximum Gasteiger partial charge on any atom is 0.275 e. The van der Waals surface area contributed by atoms with E-state index in [1.165, 1.54) is 4.52 Å². The molecule has 0 aliphatic carbocycles. The van der Waals surface area contributed by atoms with Gasteiger partial charge in [0, 0.05) is 23.9 Å². The molecule has 2 atom stereocenters. The molecule has 0 unspecified atom stereocenters. The third-order valence-electron chi connectivity index (χ3n) is 6.29. The van der Waals surface area contributed by atoms with Crippen molar-refractivity contribution in [3.8, 4) is 0 Å². The van der Waals surface area contributed by atoms with Gasteiger partial charge in [0.05, 0.1) is 29.2 Å². The second kappa shape index (κ2) is 8.33. The number of rotatable bonds is 4. The van der Waals surface area contributed by atoms with E-state index in [2.05, 4.69) is 21.7 Å². The predicted octanol–water partition coefficient (Wildman–Crippen LogP) is 2.93. The number of aromatic nitrogens is 3. The van der Waals surface area contributed by atoms with Gasteiger partial charge in [-0.3, -0.25) is 19.4 Å². The number of likely N-dealkylation sites (tertiary alicyclic amines) is 1. The number of hydrogen-bond acceptors (Lipinski definition) is 5. The number of H-pyrrole nitrogens is 1. The van der Waals surface area contributed by atoms with Crippen molar-refractivity contribution in [2.24, 2.45) is 5.92 Å². The lowest BCUT2D eigenvalue weighted by atomic mass is 9.90. The van der Waals surface area contributed by atoms with Crippen LogP contribution < -0.4 is 10.3 Å². The van der Waals surface area contributed by atoms with Crippen LogP contribution in [0.1, 0.15) is 58.7 Å². The van der Waals surface area contributed by atoms with Crippen LogP contribution in [0.5, 0.6) is 0 Å². The number of nitrogens with one attached hydrogen (secondary N) is 2. The quantitative estimate of drug-likeness (QED) is 0.607. The molecule has 0 spiro atoms. The molecule has 2 N–H and O–H groups in total. The SMILES string of the molecule is Cc1ccc(NS(C)(=O)=O)c(C(=O)N2CC[C@H](C)C[C@@H]2c2cc3nc(C)c(C)c(=O)n3[nH]2)c1. The minimum absolute atomic E-state index is 0.163. The monoisotopic (exact) mass is 471 g/mol. The maximum absolute atomic E-state index is 13.7. The Hall–Kier alpha value is -3.14. The van der Waals surface area contributed by atoms with Gasteiger partial charge in [0.2, 0.25) is 10.0 Å². The number of piperidine rings is 1. The highest BCUT2D eigenvalue weighted by Crippen LogP contribution is 2.36. The number of amides is 1. The summed E-state index contributed by atoms with van der Waals surface area (Å²) in [7, 11) is -3.55. The number of aromatic amines is 1. The molecule has 3 aromatic rings. The average molecular weight is 472 g/mol. The smallest absolute Gasteiger partial charge is 0.275 e. The highest BCUT2D eigenvalue weighted by Gasteiger charge is 2.34. The molecule has 0 radical (unpaired) electrons. The van der Waals surface area contributed by atoms with Crippen molar-refractivity contribution in [1.29, 1.82) is 0 Å². The average Bonchev–Trinajstić information content (AvgIpc) is 3.16. The van der Waals surface area contributed by atoms with E-state index in [0.29, 0.717) is 41.4 Å². The molecule has 0 saturated carbocycles. The second-order valence-corrected chi connectivity index (χ2v) is 10.8. The van der Waals surface area contributed by atoms with Gasteiger partial charge >= 0.3 is 0 Å². The zero-order valence-corrected chi connectivity index (χ0v) is 20.3. The fourth-order valence-electron chi connectivity index (χ4n) is 4.37. The van der Waals surface area contributed by atoms with Crippen molar-refractivity contribution in [3.05, 3.63) is 62.7 Å². The molecular formula is C23H29N5O4S. The third kappa shape index (κ3) is 4.52. The van der Waals surface area contributed by atoms with Gasteiger partial charge in [-0.15, -0.1) is 0 Å². The Bertz CT molecular complexity index is 1410. The Morgan fingerprint density at radius 1 is 1.21 bits per heavy atom. The Labute approximate surface area is 192 Å². The third-order valence-corrected chi connectivity index (χ3v) is 6.88. The number of sulfonamides is 1.